The van der Waals surface area contributed by atoms with E-state index in [-0.39, 0.29) is 0 Å². The summed E-state index contributed by atoms with van der Waals surface area (Å²) in [6.45, 7) is 7.57. The summed E-state index contributed by atoms with van der Waals surface area (Å²) in [5.74, 6) is 1.03. The van der Waals surface area contributed by atoms with Crippen molar-refractivity contribution in [3.63, 3.8) is 0 Å². The second-order valence-electron chi connectivity index (χ2n) is 5.32. The van der Waals surface area contributed by atoms with Crippen LogP contribution in [0.1, 0.15) is 36.1 Å². The van der Waals surface area contributed by atoms with Gasteiger partial charge >= 0.3 is 0 Å². The van der Waals surface area contributed by atoms with Crippen LogP contribution in [0.15, 0.2) is 47.6 Å². The van der Waals surface area contributed by atoms with E-state index in [1.807, 2.05) is 24.2 Å². The summed E-state index contributed by atoms with van der Waals surface area (Å²) in [6.07, 6.45) is 5.01. The molecule has 0 aliphatic rings. The second kappa shape index (κ2) is 8.20. The third-order valence-corrected chi connectivity index (χ3v) is 4.86. The second-order valence-corrected chi connectivity index (χ2v) is 6.38. The van der Waals surface area contributed by atoms with Gasteiger partial charge in [0.25, 0.3) is 0 Å². The van der Waals surface area contributed by atoms with Crippen LogP contribution < -0.4 is 5.32 Å². The van der Waals surface area contributed by atoms with Gasteiger partial charge in [0.1, 0.15) is 0 Å². The smallest absolute Gasteiger partial charge is 0.0433 e. The van der Waals surface area contributed by atoms with Crippen LogP contribution >= 0.6 is 11.8 Å². The maximum Gasteiger partial charge on any atom is 0.0433 e. The molecular formula is C18H24N2S. The molecular weight excluding hydrogens is 276 g/mol. The largest absolute Gasteiger partial charge is 0.309 e. The summed E-state index contributed by atoms with van der Waals surface area (Å²) < 4.78 is 0. The lowest BCUT2D eigenvalue weighted by atomic mass is 10.1. The lowest BCUT2D eigenvalue weighted by Gasteiger charge is -2.20. The van der Waals surface area contributed by atoms with Crippen LogP contribution in [0.4, 0.5) is 0 Å². The van der Waals surface area contributed by atoms with E-state index in [1.165, 1.54) is 21.6 Å². The zero-order valence-corrected chi connectivity index (χ0v) is 13.9. The molecule has 2 nitrogen and oxygen atoms in total. The van der Waals surface area contributed by atoms with Gasteiger partial charge in [-0.2, -0.15) is 0 Å². The molecule has 0 aliphatic carbocycles. The van der Waals surface area contributed by atoms with E-state index in [2.05, 4.69) is 61.4 Å². The van der Waals surface area contributed by atoms with Gasteiger partial charge in [0.15, 0.2) is 0 Å². The minimum atomic E-state index is 0.350. The average Bonchev–Trinajstić information content (AvgIpc) is 2.50. The van der Waals surface area contributed by atoms with E-state index in [0.717, 1.165) is 18.7 Å². The first-order valence-corrected chi connectivity index (χ1v) is 8.53. The number of nitrogens with one attached hydrogen (secondary N) is 1. The Morgan fingerprint density at radius 1 is 1.14 bits per heavy atom. The van der Waals surface area contributed by atoms with Crippen molar-refractivity contribution in [2.75, 3.05) is 12.3 Å². The van der Waals surface area contributed by atoms with Crippen molar-refractivity contribution in [3.8, 4) is 0 Å². The highest BCUT2D eigenvalue weighted by molar-refractivity contribution is 7.99. The molecule has 1 aromatic carbocycles. The fraction of sp³-hybridized carbons (Fsp3) is 0.389. The molecule has 0 aliphatic heterocycles. The van der Waals surface area contributed by atoms with Crippen molar-refractivity contribution < 1.29 is 0 Å². The van der Waals surface area contributed by atoms with Crippen molar-refractivity contribution in [3.05, 3.63) is 59.4 Å². The zero-order valence-electron chi connectivity index (χ0n) is 13.1. The number of rotatable bonds is 7. The summed E-state index contributed by atoms with van der Waals surface area (Å²) in [5.41, 5.74) is 3.97. The van der Waals surface area contributed by atoms with Gasteiger partial charge in [-0.25, -0.2) is 0 Å². The van der Waals surface area contributed by atoms with Gasteiger partial charge in [0.05, 0.1) is 0 Å². The lowest BCUT2D eigenvalue weighted by molar-refractivity contribution is 0.573. The quantitative estimate of drug-likeness (QED) is 0.760. The first-order chi connectivity index (χ1) is 10.2. The predicted octanol–water partition coefficient (Wildman–Crippen LogP) is 4.53. The lowest BCUT2D eigenvalue weighted by Crippen LogP contribution is -2.25. The standard InChI is InChI=1S/C18H24N2S/c1-4-10-20-17(16-12-19-11-9-14(16)2)13-21-18-8-6-5-7-15(18)3/h5-9,11-12,17,20H,4,10,13H2,1-3H3. The number of hydrogen-bond acceptors (Lipinski definition) is 3. The van der Waals surface area contributed by atoms with Gasteiger partial charge in [-0.1, -0.05) is 25.1 Å². The molecule has 2 aromatic rings. The van der Waals surface area contributed by atoms with E-state index in [9.17, 15) is 0 Å². The molecule has 21 heavy (non-hydrogen) atoms. The molecule has 0 fully saturated rings. The van der Waals surface area contributed by atoms with Gasteiger partial charge in [-0.3, -0.25) is 4.98 Å². The van der Waals surface area contributed by atoms with Crippen LogP contribution in [0.5, 0.6) is 0 Å². The number of aromatic nitrogens is 1. The van der Waals surface area contributed by atoms with Crippen LogP contribution in [-0.4, -0.2) is 17.3 Å². The van der Waals surface area contributed by atoms with E-state index < -0.39 is 0 Å². The normalized spacial score (nSPS) is 12.3. The van der Waals surface area contributed by atoms with Crippen molar-refractivity contribution in [2.24, 2.45) is 0 Å². The highest BCUT2D eigenvalue weighted by atomic mass is 32.2. The third kappa shape index (κ3) is 4.58. The molecule has 112 valence electrons. The maximum absolute atomic E-state index is 4.30. The van der Waals surface area contributed by atoms with Crippen LogP contribution in [0.2, 0.25) is 0 Å². The van der Waals surface area contributed by atoms with E-state index in [1.54, 1.807) is 0 Å². The fourth-order valence-corrected chi connectivity index (χ4v) is 3.42. The van der Waals surface area contributed by atoms with Crippen LogP contribution in [-0.2, 0) is 0 Å². The van der Waals surface area contributed by atoms with E-state index in [4.69, 9.17) is 0 Å². The molecule has 0 saturated heterocycles. The number of aryl methyl sites for hydroxylation is 2. The number of pyridine rings is 1. The molecule has 1 atom stereocenters. The van der Waals surface area contributed by atoms with Crippen molar-refractivity contribution in [1.29, 1.82) is 0 Å². The Balaban J connectivity index is 2.10. The molecule has 0 bridgehead atoms. The van der Waals surface area contributed by atoms with Gasteiger partial charge < -0.3 is 5.32 Å². The number of thioether (sulfide) groups is 1. The van der Waals surface area contributed by atoms with Crippen molar-refractivity contribution >= 4 is 11.8 Å². The Bertz CT molecular complexity index is 569. The molecule has 0 radical (unpaired) electrons. The summed E-state index contributed by atoms with van der Waals surface area (Å²) in [6, 6.07) is 11.0. The monoisotopic (exact) mass is 300 g/mol. The SMILES string of the molecule is CCCNC(CSc1ccccc1C)c1cnccc1C. The van der Waals surface area contributed by atoms with Gasteiger partial charge in [-0.05, 0) is 55.6 Å². The molecule has 1 aromatic heterocycles. The first-order valence-electron chi connectivity index (χ1n) is 7.54. The highest BCUT2D eigenvalue weighted by Crippen LogP contribution is 2.28. The Kier molecular flexibility index (Phi) is 6.27. The van der Waals surface area contributed by atoms with E-state index >= 15 is 0 Å². The van der Waals surface area contributed by atoms with Gasteiger partial charge in [0, 0.05) is 29.1 Å². The Hall–Kier alpha value is -1.32. The van der Waals surface area contributed by atoms with Crippen LogP contribution in [0.25, 0.3) is 0 Å². The predicted molar refractivity (Wildman–Crippen MR) is 91.9 cm³/mol. The third-order valence-electron chi connectivity index (χ3n) is 3.59. The zero-order chi connectivity index (χ0) is 15.1. The van der Waals surface area contributed by atoms with Gasteiger partial charge in [-0.15, -0.1) is 11.8 Å². The molecule has 1 heterocycles. The van der Waals surface area contributed by atoms with Crippen LogP contribution in [0.3, 0.4) is 0 Å². The molecule has 0 saturated carbocycles. The molecule has 2 rings (SSSR count). The number of hydrogen-bond donors (Lipinski definition) is 1. The highest BCUT2D eigenvalue weighted by Gasteiger charge is 2.14. The van der Waals surface area contributed by atoms with Crippen molar-refractivity contribution in [2.45, 2.75) is 38.1 Å². The minimum Gasteiger partial charge on any atom is -0.309 e. The molecule has 1 unspecified atom stereocenters. The Labute approximate surface area is 132 Å². The summed E-state index contributed by atoms with van der Waals surface area (Å²) in [5, 5.41) is 3.66. The molecule has 0 spiro atoms. The Morgan fingerprint density at radius 3 is 2.67 bits per heavy atom. The minimum absolute atomic E-state index is 0.350. The number of benzene rings is 1. The summed E-state index contributed by atoms with van der Waals surface area (Å²) >= 11 is 1.92. The average molecular weight is 300 g/mol. The molecule has 1 N–H and O–H groups in total. The fourth-order valence-electron chi connectivity index (χ4n) is 2.31. The van der Waals surface area contributed by atoms with Crippen LogP contribution in [0, 0.1) is 13.8 Å². The van der Waals surface area contributed by atoms with Gasteiger partial charge in [0.2, 0.25) is 0 Å². The Morgan fingerprint density at radius 2 is 1.95 bits per heavy atom. The van der Waals surface area contributed by atoms with Crippen molar-refractivity contribution in [1.82, 2.24) is 10.3 Å². The number of nitrogens with zero attached hydrogens (tertiary/aromatic N) is 1. The maximum atomic E-state index is 4.30. The first kappa shape index (κ1) is 16.1. The molecule has 0 amide bonds. The summed E-state index contributed by atoms with van der Waals surface area (Å²) in [4.78, 5) is 5.66. The molecule has 3 heteroatoms. The summed E-state index contributed by atoms with van der Waals surface area (Å²) in [7, 11) is 0. The topological polar surface area (TPSA) is 24.9 Å². The van der Waals surface area contributed by atoms with E-state index in [0.29, 0.717) is 6.04 Å².